The maximum atomic E-state index is 5.81. The molecule has 0 saturated heterocycles. The van der Waals surface area contributed by atoms with Gasteiger partial charge in [-0.25, -0.2) is 0 Å². The highest BCUT2D eigenvalue weighted by molar-refractivity contribution is 5.82. The number of fused-ring (bicyclic) bond motifs is 1. The van der Waals surface area contributed by atoms with Crippen molar-refractivity contribution in [1.82, 2.24) is 0 Å². The zero-order valence-electron chi connectivity index (χ0n) is 7.17. The maximum absolute atomic E-state index is 5.81. The molecule has 12 heavy (non-hydrogen) atoms. The Hall–Kier alpha value is -1.38. The molecule has 0 aromatic heterocycles. The Labute approximate surface area is 72.2 Å². The number of nitrogen functional groups attached to an aromatic ring is 1. The molecule has 0 amide bonds. The summed E-state index contributed by atoms with van der Waals surface area (Å²) >= 11 is 0. The number of likely N-dealkylation sites (N-methyl/N-ethyl adjacent to an activating group) is 1. The van der Waals surface area contributed by atoms with E-state index in [1.54, 1.807) is 0 Å². The van der Waals surface area contributed by atoms with Gasteiger partial charge in [-0.05, 0) is 12.1 Å². The van der Waals surface area contributed by atoms with Crippen molar-refractivity contribution < 1.29 is 0 Å². The molecular weight excluding hydrogens is 150 g/mol. The summed E-state index contributed by atoms with van der Waals surface area (Å²) in [5.74, 6) is 0. The van der Waals surface area contributed by atoms with E-state index in [0.717, 1.165) is 24.5 Å². The minimum atomic E-state index is 0.832. The molecular formula is C9H13N3. The van der Waals surface area contributed by atoms with Crippen LogP contribution in [0, 0.1) is 0 Å². The van der Waals surface area contributed by atoms with E-state index in [4.69, 9.17) is 5.73 Å². The summed E-state index contributed by atoms with van der Waals surface area (Å²) in [4.78, 5) is 2.21. The lowest BCUT2D eigenvalue weighted by Gasteiger charge is -2.29. The van der Waals surface area contributed by atoms with Crippen LogP contribution in [0.25, 0.3) is 0 Å². The fraction of sp³-hybridized carbons (Fsp3) is 0.333. The van der Waals surface area contributed by atoms with Crippen molar-refractivity contribution in [3.8, 4) is 0 Å². The first-order chi connectivity index (χ1) is 5.79. The number of hydrogen-bond acceptors (Lipinski definition) is 3. The fourth-order valence-corrected chi connectivity index (χ4v) is 1.54. The number of para-hydroxylation sites is 1. The van der Waals surface area contributed by atoms with Crippen LogP contribution in [0.5, 0.6) is 0 Å². The number of benzene rings is 1. The van der Waals surface area contributed by atoms with Crippen LogP contribution in [0.1, 0.15) is 0 Å². The smallest absolute Gasteiger partial charge is 0.0812 e. The van der Waals surface area contributed by atoms with Crippen LogP contribution < -0.4 is 16.0 Å². The molecule has 3 N–H and O–H groups in total. The minimum Gasteiger partial charge on any atom is -0.397 e. The number of hydrogen-bond donors (Lipinski definition) is 2. The van der Waals surface area contributed by atoms with Crippen molar-refractivity contribution in [3.05, 3.63) is 18.2 Å². The molecule has 0 radical (unpaired) electrons. The van der Waals surface area contributed by atoms with Crippen LogP contribution >= 0.6 is 0 Å². The first-order valence-corrected chi connectivity index (χ1v) is 4.12. The van der Waals surface area contributed by atoms with Gasteiger partial charge in [0.25, 0.3) is 0 Å². The number of rotatable bonds is 0. The number of nitrogens with zero attached hydrogens (tertiary/aromatic N) is 1. The van der Waals surface area contributed by atoms with Gasteiger partial charge in [0.2, 0.25) is 0 Å². The van der Waals surface area contributed by atoms with Crippen LogP contribution in [-0.4, -0.2) is 20.1 Å². The minimum absolute atomic E-state index is 0.832. The molecule has 0 bridgehead atoms. The van der Waals surface area contributed by atoms with E-state index in [1.807, 2.05) is 12.1 Å². The summed E-state index contributed by atoms with van der Waals surface area (Å²) in [6.45, 7) is 2.01. The van der Waals surface area contributed by atoms with E-state index in [-0.39, 0.29) is 0 Å². The highest BCUT2D eigenvalue weighted by Crippen LogP contribution is 2.32. The summed E-state index contributed by atoms with van der Waals surface area (Å²) in [6.07, 6.45) is 0. The summed E-state index contributed by atoms with van der Waals surface area (Å²) in [7, 11) is 2.08. The van der Waals surface area contributed by atoms with Gasteiger partial charge in [-0.15, -0.1) is 0 Å². The normalized spacial score (nSPS) is 15.2. The quantitative estimate of drug-likeness (QED) is 0.563. The number of nitrogens with one attached hydrogen (secondary N) is 1. The Morgan fingerprint density at radius 3 is 3.08 bits per heavy atom. The molecule has 0 aliphatic carbocycles. The third kappa shape index (κ3) is 0.978. The fourth-order valence-electron chi connectivity index (χ4n) is 1.54. The van der Waals surface area contributed by atoms with Crippen molar-refractivity contribution in [2.24, 2.45) is 0 Å². The van der Waals surface area contributed by atoms with Crippen molar-refractivity contribution >= 4 is 17.1 Å². The summed E-state index contributed by atoms with van der Waals surface area (Å²) < 4.78 is 0. The molecule has 1 aliphatic rings. The molecule has 3 heteroatoms. The van der Waals surface area contributed by atoms with Crippen molar-refractivity contribution in [3.63, 3.8) is 0 Å². The van der Waals surface area contributed by atoms with E-state index in [0.29, 0.717) is 0 Å². The molecule has 1 aliphatic heterocycles. The topological polar surface area (TPSA) is 41.3 Å². The zero-order valence-corrected chi connectivity index (χ0v) is 7.17. The molecule has 0 unspecified atom stereocenters. The lowest BCUT2D eigenvalue weighted by Crippen LogP contribution is -2.30. The summed E-state index contributed by atoms with van der Waals surface area (Å²) in [5.41, 5.74) is 8.92. The first kappa shape index (κ1) is 7.28. The van der Waals surface area contributed by atoms with Crippen LogP contribution in [0.2, 0.25) is 0 Å². The zero-order chi connectivity index (χ0) is 8.55. The Morgan fingerprint density at radius 1 is 1.50 bits per heavy atom. The van der Waals surface area contributed by atoms with Crippen molar-refractivity contribution in [2.45, 2.75) is 0 Å². The monoisotopic (exact) mass is 163 g/mol. The van der Waals surface area contributed by atoms with Crippen LogP contribution in [0.3, 0.4) is 0 Å². The number of anilines is 3. The van der Waals surface area contributed by atoms with Gasteiger partial charge in [0.05, 0.1) is 17.1 Å². The Morgan fingerprint density at radius 2 is 2.33 bits per heavy atom. The molecule has 1 aromatic carbocycles. The standard InChI is InChI=1S/C9H13N3/c1-12-6-5-11-9-7(10)3-2-4-8(9)12/h2-4,11H,5-6,10H2,1H3. The molecule has 0 fully saturated rings. The molecule has 3 nitrogen and oxygen atoms in total. The summed E-state index contributed by atoms with van der Waals surface area (Å²) in [6, 6.07) is 5.99. The van der Waals surface area contributed by atoms with Gasteiger partial charge in [0, 0.05) is 20.1 Å². The number of nitrogens with two attached hydrogens (primary N) is 1. The van der Waals surface area contributed by atoms with E-state index in [9.17, 15) is 0 Å². The lowest BCUT2D eigenvalue weighted by molar-refractivity contribution is 0.888. The average molecular weight is 163 g/mol. The largest absolute Gasteiger partial charge is 0.397 e. The second-order valence-corrected chi connectivity index (χ2v) is 3.09. The highest BCUT2D eigenvalue weighted by atomic mass is 15.2. The van der Waals surface area contributed by atoms with Gasteiger partial charge in [0.15, 0.2) is 0 Å². The van der Waals surface area contributed by atoms with Gasteiger partial charge in [0.1, 0.15) is 0 Å². The van der Waals surface area contributed by atoms with E-state index < -0.39 is 0 Å². The van der Waals surface area contributed by atoms with E-state index in [1.165, 1.54) is 5.69 Å². The van der Waals surface area contributed by atoms with Crippen molar-refractivity contribution in [2.75, 3.05) is 36.1 Å². The third-order valence-corrected chi connectivity index (χ3v) is 2.23. The predicted octanol–water partition coefficient (Wildman–Crippen LogP) is 1.13. The Kier molecular flexibility index (Phi) is 1.57. The SMILES string of the molecule is CN1CCNc2c(N)cccc21. The molecule has 0 atom stereocenters. The molecule has 1 aromatic rings. The molecule has 0 saturated carbocycles. The third-order valence-electron chi connectivity index (χ3n) is 2.23. The Balaban J connectivity index is 2.52. The van der Waals surface area contributed by atoms with Crippen LogP contribution in [0.15, 0.2) is 18.2 Å². The lowest BCUT2D eigenvalue weighted by atomic mass is 10.2. The highest BCUT2D eigenvalue weighted by Gasteiger charge is 2.13. The van der Waals surface area contributed by atoms with E-state index in [2.05, 4.69) is 23.3 Å². The van der Waals surface area contributed by atoms with Gasteiger partial charge >= 0.3 is 0 Å². The van der Waals surface area contributed by atoms with Gasteiger partial charge in [-0.3, -0.25) is 0 Å². The van der Waals surface area contributed by atoms with Gasteiger partial charge < -0.3 is 16.0 Å². The van der Waals surface area contributed by atoms with E-state index >= 15 is 0 Å². The van der Waals surface area contributed by atoms with Crippen molar-refractivity contribution in [1.29, 1.82) is 0 Å². The molecule has 64 valence electrons. The molecule has 2 rings (SSSR count). The molecule has 1 heterocycles. The summed E-state index contributed by atoms with van der Waals surface area (Å²) in [5, 5.41) is 3.29. The second kappa shape index (κ2) is 2.59. The second-order valence-electron chi connectivity index (χ2n) is 3.09. The van der Waals surface area contributed by atoms with Gasteiger partial charge in [-0.2, -0.15) is 0 Å². The Bertz CT molecular complexity index is 296. The predicted molar refractivity (Wildman–Crippen MR) is 52.6 cm³/mol. The van der Waals surface area contributed by atoms with Crippen LogP contribution in [-0.2, 0) is 0 Å². The first-order valence-electron chi connectivity index (χ1n) is 4.12. The molecule has 0 spiro atoms. The maximum Gasteiger partial charge on any atom is 0.0812 e. The van der Waals surface area contributed by atoms with Gasteiger partial charge in [-0.1, -0.05) is 6.07 Å². The average Bonchev–Trinajstić information content (AvgIpc) is 2.07. The van der Waals surface area contributed by atoms with Crippen LogP contribution in [0.4, 0.5) is 17.1 Å².